The number of pyridine rings is 1. The number of hydrogen-bond acceptors (Lipinski definition) is 3. The summed E-state index contributed by atoms with van der Waals surface area (Å²) in [6, 6.07) is 4.77. The molecule has 0 radical (unpaired) electrons. The highest BCUT2D eigenvalue weighted by Crippen LogP contribution is 2.21. The average molecular weight is 344 g/mol. The van der Waals surface area contributed by atoms with Crippen LogP contribution in [0.15, 0.2) is 24.4 Å². The third kappa shape index (κ3) is 5.10. The van der Waals surface area contributed by atoms with Gasteiger partial charge in [0.05, 0.1) is 11.7 Å². The highest BCUT2D eigenvalue weighted by atomic mass is 19.4. The van der Waals surface area contributed by atoms with Crippen molar-refractivity contribution in [3.05, 3.63) is 30.1 Å². The third-order valence-corrected chi connectivity index (χ3v) is 3.74. The van der Waals surface area contributed by atoms with Gasteiger partial charge in [-0.25, -0.2) is 4.79 Å². The van der Waals surface area contributed by atoms with Crippen molar-refractivity contribution in [1.29, 1.82) is 0 Å². The molecule has 1 saturated heterocycles. The predicted octanol–water partition coefficient (Wildman–Crippen LogP) is 1.95. The molecule has 1 unspecified atom stereocenters. The number of halogens is 3. The molecule has 9 heteroatoms. The second kappa shape index (κ2) is 7.50. The number of hydrogen-bond donors (Lipinski definition) is 1. The van der Waals surface area contributed by atoms with Gasteiger partial charge >= 0.3 is 12.2 Å². The van der Waals surface area contributed by atoms with Gasteiger partial charge in [-0.1, -0.05) is 6.07 Å². The highest BCUT2D eigenvalue weighted by molar-refractivity contribution is 5.78. The number of aromatic nitrogens is 1. The maximum Gasteiger partial charge on any atom is 0.397 e. The van der Waals surface area contributed by atoms with E-state index in [0.717, 1.165) is 4.90 Å². The molecular weight excluding hydrogens is 325 g/mol. The van der Waals surface area contributed by atoms with Crippen LogP contribution in [0.4, 0.5) is 18.0 Å². The van der Waals surface area contributed by atoms with Crippen LogP contribution in [-0.4, -0.2) is 59.1 Å². The third-order valence-electron chi connectivity index (χ3n) is 3.74. The normalized spacial score (nSPS) is 16.7. The number of urea groups is 1. The summed E-state index contributed by atoms with van der Waals surface area (Å²) >= 11 is 0. The molecule has 0 bridgehead atoms. The summed E-state index contributed by atoms with van der Waals surface area (Å²) in [4.78, 5) is 30.5. The lowest BCUT2D eigenvalue weighted by Gasteiger charge is -2.35. The van der Waals surface area contributed by atoms with Gasteiger partial charge in [-0.15, -0.1) is 0 Å². The number of rotatable bonds is 3. The molecule has 132 valence electrons. The Bertz CT molecular complexity index is 572. The molecule has 1 fully saturated rings. The lowest BCUT2D eigenvalue weighted by Crippen LogP contribution is -2.53. The van der Waals surface area contributed by atoms with Crippen molar-refractivity contribution in [2.75, 3.05) is 26.2 Å². The minimum absolute atomic E-state index is 0.0975. The van der Waals surface area contributed by atoms with E-state index in [2.05, 4.69) is 10.3 Å². The molecule has 0 saturated carbocycles. The Morgan fingerprint density at radius 1 is 1.21 bits per heavy atom. The van der Waals surface area contributed by atoms with Crippen LogP contribution in [0.3, 0.4) is 0 Å². The number of alkyl halides is 3. The fourth-order valence-electron chi connectivity index (χ4n) is 2.42. The number of nitrogens with zero attached hydrogens (tertiary/aromatic N) is 3. The maximum absolute atomic E-state index is 12.2. The summed E-state index contributed by atoms with van der Waals surface area (Å²) in [7, 11) is 0. The molecule has 1 aliphatic heterocycles. The van der Waals surface area contributed by atoms with Crippen molar-refractivity contribution in [1.82, 2.24) is 20.1 Å². The van der Waals surface area contributed by atoms with Gasteiger partial charge < -0.3 is 15.1 Å². The van der Waals surface area contributed by atoms with E-state index in [0.29, 0.717) is 5.69 Å². The number of piperazine rings is 1. The topological polar surface area (TPSA) is 65.5 Å². The Labute approximate surface area is 137 Å². The summed E-state index contributed by atoms with van der Waals surface area (Å²) < 4.78 is 36.7. The second-order valence-electron chi connectivity index (χ2n) is 5.59. The molecule has 6 nitrogen and oxygen atoms in total. The van der Waals surface area contributed by atoms with Crippen LogP contribution in [-0.2, 0) is 4.79 Å². The van der Waals surface area contributed by atoms with Crippen molar-refractivity contribution < 1.29 is 22.8 Å². The fourth-order valence-corrected chi connectivity index (χ4v) is 2.42. The van der Waals surface area contributed by atoms with Gasteiger partial charge in [0, 0.05) is 32.4 Å². The first kappa shape index (κ1) is 18.0. The molecule has 3 amide bonds. The smallest absolute Gasteiger partial charge is 0.339 e. The van der Waals surface area contributed by atoms with E-state index in [1.807, 2.05) is 6.07 Å². The standard InChI is InChI=1S/C15H19F3N4O2/c1-11(12-4-2-3-5-19-12)20-14(24)22-8-6-21(7-9-22)13(23)10-15(16,17)18/h2-5,11H,6-10H2,1H3,(H,20,24). The highest BCUT2D eigenvalue weighted by Gasteiger charge is 2.35. The van der Waals surface area contributed by atoms with E-state index in [-0.39, 0.29) is 38.3 Å². The van der Waals surface area contributed by atoms with Crippen molar-refractivity contribution in [3.8, 4) is 0 Å². The van der Waals surface area contributed by atoms with Crippen LogP contribution in [0.1, 0.15) is 25.1 Å². The summed E-state index contributed by atoms with van der Waals surface area (Å²) in [5, 5.41) is 2.79. The second-order valence-corrected chi connectivity index (χ2v) is 5.59. The Hall–Kier alpha value is -2.32. The summed E-state index contributed by atoms with van der Waals surface area (Å²) in [5.41, 5.74) is 0.713. The first-order valence-corrected chi connectivity index (χ1v) is 7.57. The SMILES string of the molecule is CC(NC(=O)N1CCN(C(=O)CC(F)(F)F)CC1)c1ccccn1. The van der Waals surface area contributed by atoms with E-state index in [9.17, 15) is 22.8 Å². The first-order chi connectivity index (χ1) is 11.3. The predicted molar refractivity (Wildman–Crippen MR) is 80.0 cm³/mol. The minimum Gasteiger partial charge on any atom is -0.339 e. The van der Waals surface area contributed by atoms with E-state index in [1.165, 1.54) is 4.90 Å². The zero-order valence-corrected chi connectivity index (χ0v) is 13.2. The molecule has 1 atom stereocenters. The van der Waals surface area contributed by atoms with Crippen LogP contribution in [0, 0.1) is 0 Å². The molecule has 0 spiro atoms. The van der Waals surface area contributed by atoms with Crippen molar-refractivity contribution in [2.24, 2.45) is 0 Å². The minimum atomic E-state index is -4.51. The zero-order valence-electron chi connectivity index (χ0n) is 13.2. The number of carbonyl (C=O) groups excluding carboxylic acids is 2. The Balaban J connectivity index is 1.81. The molecular formula is C15H19F3N4O2. The lowest BCUT2D eigenvalue weighted by molar-refractivity contribution is -0.162. The Morgan fingerprint density at radius 2 is 1.83 bits per heavy atom. The molecule has 1 N–H and O–H groups in total. The molecule has 2 heterocycles. The summed E-state index contributed by atoms with van der Waals surface area (Å²) in [6.45, 7) is 2.39. The van der Waals surface area contributed by atoms with Crippen LogP contribution in [0.25, 0.3) is 0 Å². The Kier molecular flexibility index (Phi) is 5.63. The van der Waals surface area contributed by atoms with Gasteiger partial charge in [0.1, 0.15) is 6.42 Å². The quantitative estimate of drug-likeness (QED) is 0.911. The molecule has 1 aromatic heterocycles. The van der Waals surface area contributed by atoms with Gasteiger partial charge in [0.15, 0.2) is 0 Å². The number of amides is 3. The monoisotopic (exact) mass is 344 g/mol. The largest absolute Gasteiger partial charge is 0.397 e. The van der Waals surface area contributed by atoms with Crippen LogP contribution < -0.4 is 5.32 Å². The van der Waals surface area contributed by atoms with Crippen LogP contribution >= 0.6 is 0 Å². The van der Waals surface area contributed by atoms with Gasteiger partial charge in [-0.3, -0.25) is 9.78 Å². The van der Waals surface area contributed by atoms with Crippen LogP contribution in [0.2, 0.25) is 0 Å². The molecule has 1 aliphatic rings. The lowest BCUT2D eigenvalue weighted by atomic mass is 10.2. The molecule has 24 heavy (non-hydrogen) atoms. The van der Waals surface area contributed by atoms with E-state index in [1.54, 1.807) is 25.3 Å². The van der Waals surface area contributed by atoms with Crippen molar-refractivity contribution in [3.63, 3.8) is 0 Å². The number of carbonyl (C=O) groups is 2. The number of nitrogens with one attached hydrogen (secondary N) is 1. The fraction of sp³-hybridized carbons (Fsp3) is 0.533. The Morgan fingerprint density at radius 3 is 2.38 bits per heavy atom. The molecule has 1 aromatic rings. The zero-order chi connectivity index (χ0) is 17.7. The molecule has 0 aliphatic carbocycles. The first-order valence-electron chi connectivity index (χ1n) is 7.57. The average Bonchev–Trinajstić information content (AvgIpc) is 2.54. The van der Waals surface area contributed by atoms with Gasteiger partial charge in [0.2, 0.25) is 5.91 Å². The van der Waals surface area contributed by atoms with Gasteiger partial charge in [-0.2, -0.15) is 13.2 Å². The van der Waals surface area contributed by atoms with E-state index in [4.69, 9.17) is 0 Å². The van der Waals surface area contributed by atoms with Crippen LogP contribution in [0.5, 0.6) is 0 Å². The maximum atomic E-state index is 12.2. The summed E-state index contributed by atoms with van der Waals surface area (Å²) in [6.07, 6.45) is -4.34. The van der Waals surface area contributed by atoms with E-state index >= 15 is 0 Å². The summed E-state index contributed by atoms with van der Waals surface area (Å²) in [5.74, 6) is -0.954. The molecule has 0 aromatic carbocycles. The van der Waals surface area contributed by atoms with Crippen molar-refractivity contribution >= 4 is 11.9 Å². The van der Waals surface area contributed by atoms with Gasteiger partial charge in [-0.05, 0) is 19.1 Å². The van der Waals surface area contributed by atoms with Gasteiger partial charge in [0.25, 0.3) is 0 Å². The molecule has 2 rings (SSSR count). The van der Waals surface area contributed by atoms with Crippen molar-refractivity contribution in [2.45, 2.75) is 25.6 Å². The van der Waals surface area contributed by atoms with E-state index < -0.39 is 18.5 Å².